The molecule has 0 saturated carbocycles. The van der Waals surface area contributed by atoms with Crippen LogP contribution >= 0.6 is 0 Å². The highest BCUT2D eigenvalue weighted by Crippen LogP contribution is 2.20. The van der Waals surface area contributed by atoms with E-state index in [4.69, 9.17) is 4.74 Å². The molecule has 98 valence electrons. The average Bonchev–Trinajstić information content (AvgIpc) is 2.84. The van der Waals surface area contributed by atoms with Crippen LogP contribution in [0.4, 0.5) is 4.39 Å². The number of ether oxygens (including phenoxy) is 1. The standard InChI is InChI=1S/C16H10FNO2/c17-13-9-5-4-8-12(13)10-14-16(19)20-15(18-14)11-6-2-1-3-7-11/h1-10H/b14-10-. The number of hydrogen-bond acceptors (Lipinski definition) is 3. The third kappa shape index (κ3) is 2.36. The second kappa shape index (κ2) is 5.09. The largest absolute Gasteiger partial charge is 0.402 e. The maximum Gasteiger partial charge on any atom is 0.363 e. The van der Waals surface area contributed by atoms with Gasteiger partial charge in [-0.05, 0) is 24.3 Å². The number of aliphatic imine (C=N–C) groups is 1. The van der Waals surface area contributed by atoms with E-state index in [1.165, 1.54) is 12.1 Å². The predicted octanol–water partition coefficient (Wildman–Crippen LogP) is 3.17. The van der Waals surface area contributed by atoms with Crippen molar-refractivity contribution < 1.29 is 13.9 Å². The minimum Gasteiger partial charge on any atom is -0.402 e. The third-order valence-corrected chi connectivity index (χ3v) is 2.84. The van der Waals surface area contributed by atoms with Gasteiger partial charge in [-0.25, -0.2) is 14.2 Å². The topological polar surface area (TPSA) is 38.7 Å². The van der Waals surface area contributed by atoms with Crippen LogP contribution in [0.2, 0.25) is 0 Å². The van der Waals surface area contributed by atoms with Gasteiger partial charge in [0.2, 0.25) is 5.90 Å². The molecule has 3 rings (SSSR count). The summed E-state index contributed by atoms with van der Waals surface area (Å²) in [4.78, 5) is 15.9. The van der Waals surface area contributed by atoms with Gasteiger partial charge >= 0.3 is 5.97 Å². The first-order valence-electron chi connectivity index (χ1n) is 6.06. The van der Waals surface area contributed by atoms with Gasteiger partial charge in [0, 0.05) is 11.1 Å². The van der Waals surface area contributed by atoms with Crippen molar-refractivity contribution in [2.45, 2.75) is 0 Å². The molecule has 0 atom stereocenters. The van der Waals surface area contributed by atoms with E-state index < -0.39 is 11.8 Å². The zero-order valence-electron chi connectivity index (χ0n) is 10.4. The van der Waals surface area contributed by atoms with Crippen molar-refractivity contribution in [2.75, 3.05) is 0 Å². The van der Waals surface area contributed by atoms with Crippen molar-refractivity contribution >= 4 is 17.9 Å². The predicted molar refractivity (Wildman–Crippen MR) is 73.4 cm³/mol. The SMILES string of the molecule is O=C1OC(c2ccccc2)=N/C1=C\c1ccccc1F. The maximum absolute atomic E-state index is 13.5. The van der Waals surface area contributed by atoms with Gasteiger partial charge in [-0.15, -0.1) is 0 Å². The quantitative estimate of drug-likeness (QED) is 0.619. The molecular weight excluding hydrogens is 257 g/mol. The fraction of sp³-hybridized carbons (Fsp3) is 0. The first kappa shape index (κ1) is 12.3. The van der Waals surface area contributed by atoms with E-state index in [1.54, 1.807) is 30.3 Å². The molecule has 0 bridgehead atoms. The van der Waals surface area contributed by atoms with E-state index in [-0.39, 0.29) is 11.6 Å². The molecule has 0 radical (unpaired) electrons. The second-order valence-electron chi connectivity index (χ2n) is 4.22. The summed E-state index contributed by atoms with van der Waals surface area (Å²) in [6.45, 7) is 0. The molecule has 2 aromatic rings. The molecule has 0 amide bonds. The zero-order chi connectivity index (χ0) is 13.9. The average molecular weight is 267 g/mol. The first-order valence-corrected chi connectivity index (χ1v) is 6.06. The van der Waals surface area contributed by atoms with Crippen LogP contribution < -0.4 is 0 Å². The Hall–Kier alpha value is -2.75. The lowest BCUT2D eigenvalue weighted by Crippen LogP contribution is -2.04. The highest BCUT2D eigenvalue weighted by atomic mass is 19.1. The smallest absolute Gasteiger partial charge is 0.363 e. The summed E-state index contributed by atoms with van der Waals surface area (Å²) >= 11 is 0. The highest BCUT2D eigenvalue weighted by Gasteiger charge is 2.24. The van der Waals surface area contributed by atoms with Crippen LogP contribution in [0.3, 0.4) is 0 Å². The molecule has 1 aliphatic rings. The lowest BCUT2D eigenvalue weighted by atomic mass is 10.2. The summed E-state index contributed by atoms with van der Waals surface area (Å²) in [5.74, 6) is -0.749. The Labute approximate surface area is 115 Å². The molecule has 0 spiro atoms. The number of nitrogens with zero attached hydrogens (tertiary/aromatic N) is 1. The summed E-state index contributed by atoms with van der Waals surface area (Å²) in [5.41, 5.74) is 1.10. The Bertz CT molecular complexity index is 720. The zero-order valence-corrected chi connectivity index (χ0v) is 10.4. The van der Waals surface area contributed by atoms with Gasteiger partial charge in [-0.2, -0.15) is 0 Å². The van der Waals surface area contributed by atoms with E-state index in [2.05, 4.69) is 4.99 Å². The van der Waals surface area contributed by atoms with Crippen LogP contribution in [-0.2, 0) is 9.53 Å². The molecule has 3 nitrogen and oxygen atoms in total. The molecule has 0 saturated heterocycles. The number of hydrogen-bond donors (Lipinski definition) is 0. The molecule has 0 aromatic heterocycles. The van der Waals surface area contributed by atoms with Crippen LogP contribution in [0.25, 0.3) is 6.08 Å². The fourth-order valence-corrected chi connectivity index (χ4v) is 1.85. The molecular formula is C16H10FNO2. The Balaban J connectivity index is 1.97. The number of carbonyl (C=O) groups excluding carboxylic acids is 1. The van der Waals surface area contributed by atoms with Crippen LogP contribution in [0.5, 0.6) is 0 Å². The summed E-state index contributed by atoms with van der Waals surface area (Å²) < 4.78 is 18.6. The lowest BCUT2D eigenvalue weighted by molar-refractivity contribution is -0.129. The minimum atomic E-state index is -0.577. The molecule has 4 heteroatoms. The fourth-order valence-electron chi connectivity index (χ4n) is 1.85. The number of halogens is 1. The molecule has 1 aliphatic heterocycles. The molecule has 1 heterocycles. The van der Waals surface area contributed by atoms with E-state index in [0.717, 1.165) is 0 Å². The Morgan fingerprint density at radius 3 is 2.45 bits per heavy atom. The van der Waals surface area contributed by atoms with Crippen molar-refractivity contribution in [3.8, 4) is 0 Å². The van der Waals surface area contributed by atoms with Crippen LogP contribution in [0.1, 0.15) is 11.1 Å². The van der Waals surface area contributed by atoms with Gasteiger partial charge in [0.25, 0.3) is 0 Å². The minimum absolute atomic E-state index is 0.0916. The van der Waals surface area contributed by atoms with Gasteiger partial charge in [0.15, 0.2) is 5.70 Å². The molecule has 0 unspecified atom stereocenters. The normalized spacial score (nSPS) is 16.1. The summed E-state index contributed by atoms with van der Waals surface area (Å²) in [5, 5.41) is 0. The summed E-state index contributed by atoms with van der Waals surface area (Å²) in [6.07, 6.45) is 1.38. The van der Waals surface area contributed by atoms with Crippen LogP contribution in [0, 0.1) is 5.82 Å². The number of carbonyl (C=O) groups is 1. The van der Waals surface area contributed by atoms with Crippen molar-refractivity contribution in [3.63, 3.8) is 0 Å². The number of benzene rings is 2. The Morgan fingerprint density at radius 1 is 1.00 bits per heavy atom. The van der Waals surface area contributed by atoms with E-state index >= 15 is 0 Å². The van der Waals surface area contributed by atoms with Gasteiger partial charge in [0.1, 0.15) is 5.82 Å². The van der Waals surface area contributed by atoms with E-state index in [0.29, 0.717) is 11.1 Å². The van der Waals surface area contributed by atoms with Gasteiger partial charge in [0.05, 0.1) is 0 Å². The van der Waals surface area contributed by atoms with Crippen LogP contribution in [0.15, 0.2) is 65.3 Å². The number of cyclic esters (lactones) is 1. The molecule has 0 N–H and O–H groups in total. The molecule has 20 heavy (non-hydrogen) atoms. The molecule has 0 fully saturated rings. The summed E-state index contributed by atoms with van der Waals surface area (Å²) in [6, 6.07) is 15.3. The number of esters is 1. The summed E-state index contributed by atoms with van der Waals surface area (Å²) in [7, 11) is 0. The Morgan fingerprint density at radius 2 is 1.70 bits per heavy atom. The van der Waals surface area contributed by atoms with Crippen LogP contribution in [-0.4, -0.2) is 11.9 Å². The van der Waals surface area contributed by atoms with E-state index in [9.17, 15) is 9.18 Å². The van der Waals surface area contributed by atoms with Gasteiger partial charge < -0.3 is 4.74 Å². The van der Waals surface area contributed by atoms with Gasteiger partial charge in [-0.3, -0.25) is 0 Å². The first-order chi connectivity index (χ1) is 9.74. The van der Waals surface area contributed by atoms with Crippen molar-refractivity contribution in [1.29, 1.82) is 0 Å². The molecule has 2 aromatic carbocycles. The van der Waals surface area contributed by atoms with Gasteiger partial charge in [-0.1, -0.05) is 36.4 Å². The Kier molecular flexibility index (Phi) is 3.13. The van der Waals surface area contributed by atoms with E-state index in [1.807, 2.05) is 18.2 Å². The highest BCUT2D eigenvalue weighted by molar-refractivity contribution is 6.12. The third-order valence-electron chi connectivity index (χ3n) is 2.84. The van der Waals surface area contributed by atoms with Crippen molar-refractivity contribution in [1.82, 2.24) is 0 Å². The second-order valence-corrected chi connectivity index (χ2v) is 4.22. The van der Waals surface area contributed by atoms with Crippen molar-refractivity contribution in [2.24, 2.45) is 4.99 Å². The van der Waals surface area contributed by atoms with Crippen molar-refractivity contribution in [3.05, 3.63) is 77.2 Å². The number of rotatable bonds is 2. The lowest BCUT2D eigenvalue weighted by Gasteiger charge is -1.97. The maximum atomic E-state index is 13.5. The monoisotopic (exact) mass is 267 g/mol. The molecule has 0 aliphatic carbocycles.